The highest BCUT2D eigenvalue weighted by molar-refractivity contribution is 4.74. The van der Waals surface area contributed by atoms with Gasteiger partial charge in [0.05, 0.1) is 19.3 Å². The molecule has 0 aliphatic carbocycles. The minimum atomic E-state index is 0.129. The van der Waals surface area contributed by atoms with Gasteiger partial charge in [-0.25, -0.2) is 0 Å². The standard InChI is InChI=1S/C14H30N2O2/c1-14(2,3)15-11-13(12-17-4)18-10-9-16-7-5-6-8-16/h13,15H,5-12H2,1-4H3. The second-order valence-corrected chi connectivity index (χ2v) is 6.13. The highest BCUT2D eigenvalue weighted by atomic mass is 16.5. The molecule has 1 atom stereocenters. The zero-order chi connectivity index (χ0) is 13.4. The van der Waals surface area contributed by atoms with Gasteiger partial charge < -0.3 is 19.7 Å². The fourth-order valence-corrected chi connectivity index (χ4v) is 2.13. The molecule has 1 aliphatic rings. The van der Waals surface area contributed by atoms with Crippen LogP contribution in [0.1, 0.15) is 33.6 Å². The van der Waals surface area contributed by atoms with E-state index in [1.165, 1.54) is 25.9 Å². The SMILES string of the molecule is COCC(CNC(C)(C)C)OCCN1CCCC1. The summed E-state index contributed by atoms with van der Waals surface area (Å²) in [5, 5.41) is 3.47. The van der Waals surface area contributed by atoms with Gasteiger partial charge in [-0.3, -0.25) is 0 Å². The lowest BCUT2D eigenvalue weighted by molar-refractivity contribution is -0.00987. The number of hydrogen-bond acceptors (Lipinski definition) is 4. The summed E-state index contributed by atoms with van der Waals surface area (Å²) in [6.07, 6.45) is 2.83. The first-order valence-electron chi connectivity index (χ1n) is 7.09. The Morgan fingerprint density at radius 1 is 1.22 bits per heavy atom. The van der Waals surface area contributed by atoms with E-state index in [0.29, 0.717) is 6.61 Å². The van der Waals surface area contributed by atoms with Crippen LogP contribution < -0.4 is 5.32 Å². The number of methoxy groups -OCH3 is 1. The smallest absolute Gasteiger partial charge is 0.0933 e. The van der Waals surface area contributed by atoms with Crippen molar-refractivity contribution in [3.8, 4) is 0 Å². The van der Waals surface area contributed by atoms with E-state index in [9.17, 15) is 0 Å². The van der Waals surface area contributed by atoms with Crippen LogP contribution in [-0.2, 0) is 9.47 Å². The van der Waals surface area contributed by atoms with Crippen LogP contribution in [0.3, 0.4) is 0 Å². The van der Waals surface area contributed by atoms with Gasteiger partial charge in [0.1, 0.15) is 0 Å². The molecule has 0 aromatic heterocycles. The van der Waals surface area contributed by atoms with Crippen molar-refractivity contribution in [3.63, 3.8) is 0 Å². The van der Waals surface area contributed by atoms with E-state index in [2.05, 4.69) is 31.0 Å². The van der Waals surface area contributed by atoms with Crippen LogP contribution >= 0.6 is 0 Å². The van der Waals surface area contributed by atoms with Crippen LogP contribution in [0.5, 0.6) is 0 Å². The molecule has 4 nitrogen and oxygen atoms in total. The third-order valence-electron chi connectivity index (χ3n) is 3.17. The summed E-state index contributed by atoms with van der Waals surface area (Å²) < 4.78 is 11.1. The minimum Gasteiger partial charge on any atom is -0.382 e. The van der Waals surface area contributed by atoms with Crippen LogP contribution in [0.2, 0.25) is 0 Å². The van der Waals surface area contributed by atoms with Gasteiger partial charge in [0.2, 0.25) is 0 Å². The first-order valence-corrected chi connectivity index (χ1v) is 7.09. The lowest BCUT2D eigenvalue weighted by Gasteiger charge is -2.26. The largest absolute Gasteiger partial charge is 0.382 e. The molecule has 0 amide bonds. The summed E-state index contributed by atoms with van der Waals surface area (Å²) >= 11 is 0. The van der Waals surface area contributed by atoms with Crippen LogP contribution in [-0.4, -0.2) is 63.0 Å². The number of likely N-dealkylation sites (tertiary alicyclic amines) is 1. The van der Waals surface area contributed by atoms with E-state index in [4.69, 9.17) is 9.47 Å². The van der Waals surface area contributed by atoms with Crippen molar-refractivity contribution >= 4 is 0 Å². The molecule has 1 saturated heterocycles. The lowest BCUT2D eigenvalue weighted by Crippen LogP contribution is -2.43. The number of hydrogen-bond donors (Lipinski definition) is 1. The highest BCUT2D eigenvalue weighted by Crippen LogP contribution is 2.07. The maximum atomic E-state index is 5.91. The van der Waals surface area contributed by atoms with Crippen molar-refractivity contribution in [2.75, 3.05) is 46.5 Å². The molecule has 0 radical (unpaired) electrons. The number of nitrogens with zero attached hydrogens (tertiary/aromatic N) is 1. The Morgan fingerprint density at radius 2 is 1.89 bits per heavy atom. The van der Waals surface area contributed by atoms with Gasteiger partial charge in [0, 0.05) is 25.7 Å². The van der Waals surface area contributed by atoms with Gasteiger partial charge >= 0.3 is 0 Å². The average molecular weight is 258 g/mol. The van der Waals surface area contributed by atoms with Crippen molar-refractivity contribution in [3.05, 3.63) is 0 Å². The molecule has 1 rings (SSSR count). The van der Waals surface area contributed by atoms with Crippen molar-refractivity contribution < 1.29 is 9.47 Å². The Morgan fingerprint density at radius 3 is 2.44 bits per heavy atom. The Kier molecular flexibility index (Phi) is 7.15. The van der Waals surface area contributed by atoms with Gasteiger partial charge in [-0.05, 0) is 46.7 Å². The third-order valence-corrected chi connectivity index (χ3v) is 3.17. The summed E-state index contributed by atoms with van der Waals surface area (Å²) in [4.78, 5) is 2.47. The third kappa shape index (κ3) is 7.31. The van der Waals surface area contributed by atoms with Gasteiger partial charge in [-0.15, -0.1) is 0 Å². The monoisotopic (exact) mass is 258 g/mol. The summed E-state index contributed by atoms with van der Waals surface area (Å²) in [5.41, 5.74) is 0.129. The van der Waals surface area contributed by atoms with E-state index in [1.807, 2.05) is 0 Å². The molecule has 108 valence electrons. The van der Waals surface area contributed by atoms with E-state index in [1.54, 1.807) is 7.11 Å². The number of ether oxygens (including phenoxy) is 2. The van der Waals surface area contributed by atoms with E-state index >= 15 is 0 Å². The molecular weight excluding hydrogens is 228 g/mol. The van der Waals surface area contributed by atoms with Gasteiger partial charge in [0.15, 0.2) is 0 Å². The molecule has 4 heteroatoms. The predicted molar refractivity (Wildman–Crippen MR) is 75.0 cm³/mol. The molecule has 0 spiro atoms. The van der Waals surface area contributed by atoms with E-state index in [-0.39, 0.29) is 11.6 Å². The quantitative estimate of drug-likeness (QED) is 0.715. The summed E-state index contributed by atoms with van der Waals surface area (Å²) in [7, 11) is 1.73. The maximum Gasteiger partial charge on any atom is 0.0933 e. The maximum absolute atomic E-state index is 5.91. The molecule has 1 unspecified atom stereocenters. The topological polar surface area (TPSA) is 33.7 Å². The van der Waals surface area contributed by atoms with Gasteiger partial charge in [0.25, 0.3) is 0 Å². The minimum absolute atomic E-state index is 0.129. The Labute approximate surface area is 112 Å². The summed E-state index contributed by atoms with van der Waals surface area (Å²) in [6.45, 7) is 12.3. The fourth-order valence-electron chi connectivity index (χ4n) is 2.13. The number of nitrogens with one attached hydrogen (secondary N) is 1. The van der Waals surface area contributed by atoms with E-state index in [0.717, 1.165) is 19.7 Å². The second kappa shape index (κ2) is 8.10. The predicted octanol–water partition coefficient (Wildman–Crippen LogP) is 1.50. The van der Waals surface area contributed by atoms with Crippen LogP contribution in [0.25, 0.3) is 0 Å². The first kappa shape index (κ1) is 15.9. The van der Waals surface area contributed by atoms with E-state index < -0.39 is 0 Å². The molecular formula is C14H30N2O2. The molecule has 1 N–H and O–H groups in total. The Hall–Kier alpha value is -0.160. The van der Waals surface area contributed by atoms with Crippen molar-refractivity contribution in [1.82, 2.24) is 10.2 Å². The summed E-state index contributed by atoms with van der Waals surface area (Å²) in [5.74, 6) is 0. The molecule has 1 aliphatic heterocycles. The molecule has 0 aromatic rings. The average Bonchev–Trinajstić information content (AvgIpc) is 2.78. The Bertz CT molecular complexity index is 210. The Balaban J connectivity index is 2.15. The normalized spacial score (nSPS) is 19.3. The van der Waals surface area contributed by atoms with Crippen LogP contribution in [0.4, 0.5) is 0 Å². The lowest BCUT2D eigenvalue weighted by atomic mass is 10.1. The summed E-state index contributed by atoms with van der Waals surface area (Å²) in [6, 6.07) is 0. The van der Waals surface area contributed by atoms with Crippen LogP contribution in [0.15, 0.2) is 0 Å². The fraction of sp³-hybridized carbons (Fsp3) is 1.00. The van der Waals surface area contributed by atoms with Crippen molar-refractivity contribution in [2.24, 2.45) is 0 Å². The van der Waals surface area contributed by atoms with Gasteiger partial charge in [-0.2, -0.15) is 0 Å². The van der Waals surface area contributed by atoms with Crippen molar-refractivity contribution in [1.29, 1.82) is 0 Å². The molecule has 0 bridgehead atoms. The zero-order valence-corrected chi connectivity index (χ0v) is 12.5. The zero-order valence-electron chi connectivity index (χ0n) is 12.5. The number of rotatable bonds is 8. The van der Waals surface area contributed by atoms with Crippen LogP contribution in [0, 0.1) is 0 Å². The van der Waals surface area contributed by atoms with Crippen molar-refractivity contribution in [2.45, 2.75) is 45.3 Å². The molecule has 1 fully saturated rings. The molecule has 18 heavy (non-hydrogen) atoms. The molecule has 0 saturated carbocycles. The van der Waals surface area contributed by atoms with Gasteiger partial charge in [-0.1, -0.05) is 0 Å². The molecule has 1 heterocycles. The molecule has 0 aromatic carbocycles. The highest BCUT2D eigenvalue weighted by Gasteiger charge is 2.16. The first-order chi connectivity index (χ1) is 8.51. The second-order valence-electron chi connectivity index (χ2n) is 6.13.